The number of allylic oxidation sites excluding steroid dienone is 1. The molecule has 0 spiro atoms. The van der Waals surface area contributed by atoms with Crippen molar-refractivity contribution in [2.75, 3.05) is 32.8 Å². The van der Waals surface area contributed by atoms with Crippen molar-refractivity contribution in [3.63, 3.8) is 0 Å². The summed E-state index contributed by atoms with van der Waals surface area (Å²) in [5.41, 5.74) is 2.34. The lowest BCUT2D eigenvalue weighted by Gasteiger charge is -2.31. The van der Waals surface area contributed by atoms with Crippen LogP contribution in [0.15, 0.2) is 60.2 Å². The standard InChI is InChI=1S/C26H31F2NO3/c1-3-31-26(30)19(2)18-20-12-14-29(15-13-20)16-17-32-25(21-4-8-23(27)9-5-21)22-6-10-24(28)11-7-22/h4-11,18,20,25H,3,12-17H2,1-2H3. The molecule has 0 radical (unpaired) electrons. The smallest absolute Gasteiger partial charge is 0.333 e. The van der Waals surface area contributed by atoms with E-state index in [2.05, 4.69) is 4.90 Å². The summed E-state index contributed by atoms with van der Waals surface area (Å²) in [5, 5.41) is 0. The van der Waals surface area contributed by atoms with Gasteiger partial charge in [-0.05, 0) is 81.1 Å². The zero-order valence-electron chi connectivity index (χ0n) is 18.7. The van der Waals surface area contributed by atoms with Crippen LogP contribution in [0.1, 0.15) is 43.9 Å². The second-order valence-corrected chi connectivity index (χ2v) is 8.10. The summed E-state index contributed by atoms with van der Waals surface area (Å²) < 4.78 is 38.0. The summed E-state index contributed by atoms with van der Waals surface area (Å²) in [6.07, 6.45) is 3.61. The van der Waals surface area contributed by atoms with Crippen LogP contribution in [0, 0.1) is 17.6 Å². The van der Waals surface area contributed by atoms with E-state index in [1.54, 1.807) is 24.3 Å². The Balaban J connectivity index is 1.53. The molecule has 0 N–H and O–H groups in total. The summed E-state index contributed by atoms with van der Waals surface area (Å²) >= 11 is 0. The number of carbonyl (C=O) groups is 1. The van der Waals surface area contributed by atoms with Crippen molar-refractivity contribution in [2.45, 2.75) is 32.8 Å². The van der Waals surface area contributed by atoms with Crippen LogP contribution in [0.5, 0.6) is 0 Å². The predicted octanol–water partition coefficient (Wildman–Crippen LogP) is 5.29. The van der Waals surface area contributed by atoms with E-state index >= 15 is 0 Å². The van der Waals surface area contributed by atoms with E-state index < -0.39 is 0 Å². The molecular weight excluding hydrogens is 412 g/mol. The van der Waals surface area contributed by atoms with Gasteiger partial charge in [-0.2, -0.15) is 0 Å². The quantitative estimate of drug-likeness (QED) is 0.390. The van der Waals surface area contributed by atoms with E-state index in [1.807, 2.05) is 19.9 Å². The Labute approximate surface area is 188 Å². The van der Waals surface area contributed by atoms with Gasteiger partial charge in [-0.15, -0.1) is 0 Å². The molecule has 1 saturated heterocycles. The Morgan fingerprint density at radius 2 is 1.56 bits per heavy atom. The molecule has 0 aromatic heterocycles. The number of esters is 1. The van der Waals surface area contributed by atoms with Gasteiger partial charge in [0.05, 0.1) is 13.2 Å². The maximum absolute atomic E-state index is 13.4. The maximum Gasteiger partial charge on any atom is 0.333 e. The molecule has 2 aromatic rings. The average molecular weight is 444 g/mol. The molecular formula is C26H31F2NO3. The monoisotopic (exact) mass is 443 g/mol. The minimum atomic E-state index is -0.385. The van der Waals surface area contributed by atoms with Crippen molar-refractivity contribution in [1.29, 1.82) is 0 Å². The van der Waals surface area contributed by atoms with E-state index in [4.69, 9.17) is 9.47 Å². The summed E-state index contributed by atoms with van der Waals surface area (Å²) in [5.74, 6) is -0.470. The first-order valence-corrected chi connectivity index (χ1v) is 11.2. The topological polar surface area (TPSA) is 38.8 Å². The van der Waals surface area contributed by atoms with Gasteiger partial charge in [-0.1, -0.05) is 30.3 Å². The van der Waals surface area contributed by atoms with E-state index in [0.717, 1.165) is 43.6 Å². The van der Waals surface area contributed by atoms with Gasteiger partial charge in [0.2, 0.25) is 0 Å². The number of halogens is 2. The van der Waals surface area contributed by atoms with Crippen LogP contribution < -0.4 is 0 Å². The molecule has 1 fully saturated rings. The molecule has 0 bridgehead atoms. The van der Waals surface area contributed by atoms with Crippen LogP contribution in [-0.4, -0.2) is 43.7 Å². The molecule has 1 aliphatic heterocycles. The van der Waals surface area contributed by atoms with Gasteiger partial charge < -0.3 is 14.4 Å². The number of hydrogen-bond acceptors (Lipinski definition) is 4. The van der Waals surface area contributed by atoms with Crippen LogP contribution in [0.4, 0.5) is 8.78 Å². The largest absolute Gasteiger partial charge is 0.463 e. The van der Waals surface area contributed by atoms with Gasteiger partial charge >= 0.3 is 5.97 Å². The highest BCUT2D eigenvalue weighted by Gasteiger charge is 2.20. The SMILES string of the molecule is CCOC(=O)C(C)=CC1CCN(CCOC(c2ccc(F)cc2)c2ccc(F)cc2)CC1. The summed E-state index contributed by atoms with van der Waals surface area (Å²) in [7, 11) is 0. The molecule has 1 heterocycles. The predicted molar refractivity (Wildman–Crippen MR) is 120 cm³/mol. The molecule has 2 aromatic carbocycles. The molecule has 6 heteroatoms. The number of benzene rings is 2. The Morgan fingerprint density at radius 3 is 2.06 bits per heavy atom. The van der Waals surface area contributed by atoms with E-state index in [1.165, 1.54) is 24.3 Å². The van der Waals surface area contributed by atoms with Crippen molar-refractivity contribution >= 4 is 5.97 Å². The highest BCUT2D eigenvalue weighted by molar-refractivity contribution is 5.87. The maximum atomic E-state index is 13.4. The summed E-state index contributed by atoms with van der Waals surface area (Å²) in [6, 6.07) is 12.4. The molecule has 0 amide bonds. The molecule has 0 atom stereocenters. The highest BCUT2D eigenvalue weighted by Crippen LogP contribution is 2.27. The first-order valence-electron chi connectivity index (χ1n) is 11.2. The number of nitrogens with zero attached hydrogens (tertiary/aromatic N) is 1. The van der Waals surface area contributed by atoms with Crippen molar-refractivity contribution < 1.29 is 23.0 Å². The fourth-order valence-corrected chi connectivity index (χ4v) is 3.97. The Bertz CT molecular complexity index is 843. The molecule has 1 aliphatic rings. The lowest BCUT2D eigenvalue weighted by atomic mass is 9.94. The Hall–Kier alpha value is -2.57. The average Bonchev–Trinajstić information content (AvgIpc) is 2.79. The van der Waals surface area contributed by atoms with Gasteiger partial charge in [-0.25, -0.2) is 13.6 Å². The number of carbonyl (C=O) groups excluding carboxylic acids is 1. The lowest BCUT2D eigenvalue weighted by Crippen LogP contribution is -2.36. The number of ether oxygens (including phenoxy) is 2. The summed E-state index contributed by atoms with van der Waals surface area (Å²) in [6.45, 7) is 7.13. The van der Waals surface area contributed by atoms with Crippen molar-refractivity contribution in [3.8, 4) is 0 Å². The van der Waals surface area contributed by atoms with E-state index in [0.29, 0.717) is 24.7 Å². The summed E-state index contributed by atoms with van der Waals surface area (Å²) in [4.78, 5) is 14.1. The minimum Gasteiger partial charge on any atom is -0.463 e. The van der Waals surface area contributed by atoms with Crippen molar-refractivity contribution in [2.24, 2.45) is 5.92 Å². The van der Waals surface area contributed by atoms with E-state index in [9.17, 15) is 13.6 Å². The zero-order chi connectivity index (χ0) is 22.9. The molecule has 4 nitrogen and oxygen atoms in total. The van der Waals surface area contributed by atoms with Gasteiger partial charge in [0, 0.05) is 12.1 Å². The fourth-order valence-electron chi connectivity index (χ4n) is 3.97. The molecule has 0 unspecified atom stereocenters. The van der Waals surface area contributed by atoms with Crippen LogP contribution >= 0.6 is 0 Å². The van der Waals surface area contributed by atoms with Gasteiger partial charge in [0.1, 0.15) is 17.7 Å². The minimum absolute atomic E-state index is 0.240. The number of hydrogen-bond donors (Lipinski definition) is 0. The van der Waals surface area contributed by atoms with Gasteiger partial charge in [0.15, 0.2) is 0 Å². The highest BCUT2D eigenvalue weighted by atomic mass is 19.1. The number of likely N-dealkylation sites (tertiary alicyclic amines) is 1. The van der Waals surface area contributed by atoms with Gasteiger partial charge in [-0.3, -0.25) is 0 Å². The number of rotatable bonds is 9. The van der Waals surface area contributed by atoms with Crippen molar-refractivity contribution in [3.05, 3.63) is 82.9 Å². The second-order valence-electron chi connectivity index (χ2n) is 8.10. The van der Waals surface area contributed by atoms with E-state index in [-0.39, 0.29) is 23.7 Å². The molecule has 3 rings (SSSR count). The fraction of sp³-hybridized carbons (Fsp3) is 0.423. The van der Waals surface area contributed by atoms with Crippen LogP contribution in [0.3, 0.4) is 0 Å². The normalized spacial score (nSPS) is 15.8. The van der Waals surface area contributed by atoms with Crippen LogP contribution in [0.2, 0.25) is 0 Å². The molecule has 172 valence electrons. The Kier molecular flexibility index (Phi) is 8.94. The molecule has 32 heavy (non-hydrogen) atoms. The number of piperidine rings is 1. The molecule has 0 saturated carbocycles. The van der Waals surface area contributed by atoms with Crippen molar-refractivity contribution in [1.82, 2.24) is 4.90 Å². The zero-order valence-corrected chi connectivity index (χ0v) is 18.7. The van der Waals surface area contributed by atoms with Crippen LogP contribution in [0.25, 0.3) is 0 Å². The third kappa shape index (κ3) is 6.97. The van der Waals surface area contributed by atoms with Crippen LogP contribution in [-0.2, 0) is 14.3 Å². The lowest BCUT2D eigenvalue weighted by molar-refractivity contribution is -0.138. The first kappa shape index (κ1) is 24.1. The third-order valence-electron chi connectivity index (χ3n) is 5.75. The third-order valence-corrected chi connectivity index (χ3v) is 5.75. The molecule has 0 aliphatic carbocycles. The Morgan fingerprint density at radius 1 is 1.03 bits per heavy atom. The first-order chi connectivity index (χ1) is 15.5. The second kappa shape index (κ2) is 11.9. The van der Waals surface area contributed by atoms with Gasteiger partial charge in [0.25, 0.3) is 0 Å².